The van der Waals surface area contributed by atoms with E-state index in [2.05, 4.69) is 10.5 Å². The molecule has 0 bridgehead atoms. The maximum absolute atomic E-state index is 12.3. The van der Waals surface area contributed by atoms with E-state index in [4.69, 9.17) is 18.9 Å². The van der Waals surface area contributed by atoms with Crippen molar-refractivity contribution < 1.29 is 28.8 Å². The summed E-state index contributed by atoms with van der Waals surface area (Å²) in [6.07, 6.45) is 1.40. The van der Waals surface area contributed by atoms with E-state index in [-0.39, 0.29) is 23.4 Å². The number of aromatic hydroxyl groups is 1. The van der Waals surface area contributed by atoms with Crippen molar-refractivity contribution in [3.63, 3.8) is 0 Å². The number of hydrazone groups is 1. The topological polar surface area (TPSA) is 98.6 Å². The molecule has 0 spiro atoms. The molecule has 28 heavy (non-hydrogen) atoms. The first-order chi connectivity index (χ1) is 13.4. The zero-order valence-corrected chi connectivity index (χ0v) is 16.5. The minimum Gasteiger partial charge on any atom is -0.502 e. The summed E-state index contributed by atoms with van der Waals surface area (Å²) in [7, 11) is 4.36. The molecule has 1 amide bonds. The highest BCUT2D eigenvalue weighted by Crippen LogP contribution is 2.36. The Hall–Kier alpha value is -3.42. The predicted octanol–water partition coefficient (Wildman–Crippen LogP) is 2.97. The summed E-state index contributed by atoms with van der Waals surface area (Å²) in [6.45, 7) is 3.81. The van der Waals surface area contributed by atoms with Gasteiger partial charge in [-0.05, 0) is 44.2 Å². The molecule has 0 saturated heterocycles. The molecule has 0 aliphatic carbocycles. The van der Waals surface area contributed by atoms with Crippen molar-refractivity contribution >= 4 is 12.1 Å². The molecule has 0 unspecified atom stereocenters. The Bertz CT molecular complexity index is 839. The standard InChI is InChI=1S/C20H24N2O6/c1-12(2)28-15-7-6-14(10-16(15)25-3)20(24)22-21-11-13-8-17(26-4)19(23)18(9-13)27-5/h6-12,23H,1-5H3,(H,22,24)/b21-11+. The summed E-state index contributed by atoms with van der Waals surface area (Å²) < 4.78 is 21.1. The van der Waals surface area contributed by atoms with Crippen LogP contribution in [0.25, 0.3) is 0 Å². The van der Waals surface area contributed by atoms with Gasteiger partial charge in [-0.3, -0.25) is 4.79 Å². The van der Waals surface area contributed by atoms with Gasteiger partial charge in [0.1, 0.15) is 0 Å². The number of amides is 1. The summed E-state index contributed by atoms with van der Waals surface area (Å²) in [6, 6.07) is 8.00. The lowest BCUT2D eigenvalue weighted by molar-refractivity contribution is 0.0954. The van der Waals surface area contributed by atoms with Gasteiger partial charge in [0.25, 0.3) is 5.91 Å². The molecular weight excluding hydrogens is 364 g/mol. The van der Waals surface area contributed by atoms with Crippen LogP contribution in [0.15, 0.2) is 35.4 Å². The van der Waals surface area contributed by atoms with Gasteiger partial charge in [0.15, 0.2) is 23.0 Å². The minimum atomic E-state index is -0.414. The second-order valence-electron chi connectivity index (χ2n) is 6.01. The molecule has 150 valence electrons. The van der Waals surface area contributed by atoms with Crippen molar-refractivity contribution in [1.29, 1.82) is 0 Å². The summed E-state index contributed by atoms with van der Waals surface area (Å²) in [5.74, 6) is 0.958. The predicted molar refractivity (Wildman–Crippen MR) is 105 cm³/mol. The largest absolute Gasteiger partial charge is 0.502 e. The third kappa shape index (κ3) is 5.06. The number of carbonyl (C=O) groups is 1. The summed E-state index contributed by atoms with van der Waals surface area (Å²) >= 11 is 0. The highest BCUT2D eigenvalue weighted by Gasteiger charge is 2.12. The molecule has 0 atom stereocenters. The first-order valence-electron chi connectivity index (χ1n) is 8.52. The zero-order valence-electron chi connectivity index (χ0n) is 16.5. The number of nitrogens with one attached hydrogen (secondary N) is 1. The average Bonchev–Trinajstić information content (AvgIpc) is 2.68. The fourth-order valence-electron chi connectivity index (χ4n) is 2.38. The number of rotatable bonds is 8. The number of phenols is 1. The Morgan fingerprint density at radius 2 is 1.61 bits per heavy atom. The van der Waals surface area contributed by atoms with Crippen LogP contribution in [0.3, 0.4) is 0 Å². The van der Waals surface area contributed by atoms with Crippen LogP contribution < -0.4 is 24.4 Å². The molecular formula is C20H24N2O6. The Balaban J connectivity index is 2.13. The summed E-state index contributed by atoms with van der Waals surface area (Å²) in [4.78, 5) is 12.3. The molecule has 0 saturated carbocycles. The van der Waals surface area contributed by atoms with Crippen molar-refractivity contribution in [3.8, 4) is 28.7 Å². The first kappa shape index (κ1) is 20.9. The molecule has 2 N–H and O–H groups in total. The SMILES string of the molecule is COc1cc(C(=O)N/N=C/c2cc(OC)c(O)c(OC)c2)ccc1OC(C)C. The van der Waals surface area contributed by atoms with E-state index in [0.717, 1.165) is 0 Å². The molecule has 0 heterocycles. The smallest absolute Gasteiger partial charge is 0.271 e. The molecule has 2 rings (SSSR count). The molecule has 0 radical (unpaired) electrons. The number of methoxy groups -OCH3 is 3. The molecule has 8 nitrogen and oxygen atoms in total. The fourth-order valence-corrected chi connectivity index (χ4v) is 2.38. The highest BCUT2D eigenvalue weighted by molar-refractivity contribution is 5.95. The Labute approximate surface area is 163 Å². The molecule has 0 aliphatic rings. The van der Waals surface area contributed by atoms with Gasteiger partial charge >= 0.3 is 0 Å². The van der Waals surface area contributed by atoms with Crippen molar-refractivity contribution in [1.82, 2.24) is 5.43 Å². The maximum atomic E-state index is 12.3. The lowest BCUT2D eigenvalue weighted by Crippen LogP contribution is -2.18. The molecule has 2 aromatic carbocycles. The Morgan fingerprint density at radius 1 is 1.00 bits per heavy atom. The lowest BCUT2D eigenvalue weighted by Gasteiger charge is -2.14. The van der Waals surface area contributed by atoms with Gasteiger partial charge in [0, 0.05) is 11.1 Å². The molecule has 2 aromatic rings. The first-order valence-corrected chi connectivity index (χ1v) is 8.52. The number of hydrogen-bond acceptors (Lipinski definition) is 7. The molecule has 0 fully saturated rings. The van der Waals surface area contributed by atoms with Crippen LogP contribution >= 0.6 is 0 Å². The van der Waals surface area contributed by atoms with Gasteiger partial charge in [-0.25, -0.2) is 5.43 Å². The molecule has 8 heteroatoms. The van der Waals surface area contributed by atoms with Crippen molar-refractivity contribution in [2.45, 2.75) is 20.0 Å². The number of benzene rings is 2. The van der Waals surface area contributed by atoms with E-state index in [9.17, 15) is 9.90 Å². The van der Waals surface area contributed by atoms with E-state index in [1.807, 2.05) is 13.8 Å². The monoisotopic (exact) mass is 388 g/mol. The Morgan fingerprint density at radius 3 is 2.14 bits per heavy atom. The normalized spacial score (nSPS) is 10.8. The zero-order chi connectivity index (χ0) is 20.7. The van der Waals surface area contributed by atoms with Crippen LogP contribution in [0.1, 0.15) is 29.8 Å². The van der Waals surface area contributed by atoms with Crippen LogP contribution in [0.2, 0.25) is 0 Å². The third-order valence-corrected chi connectivity index (χ3v) is 3.67. The van der Waals surface area contributed by atoms with E-state index in [0.29, 0.717) is 22.6 Å². The second kappa shape index (κ2) is 9.50. The van der Waals surface area contributed by atoms with Gasteiger partial charge in [-0.15, -0.1) is 0 Å². The van der Waals surface area contributed by atoms with Crippen LogP contribution in [0.5, 0.6) is 28.7 Å². The molecule has 0 aromatic heterocycles. The number of carbonyl (C=O) groups excluding carboxylic acids is 1. The summed E-state index contributed by atoms with van der Waals surface area (Å²) in [5.41, 5.74) is 3.38. The number of hydrogen-bond donors (Lipinski definition) is 2. The minimum absolute atomic E-state index is 0.0162. The van der Waals surface area contributed by atoms with Gasteiger partial charge in [-0.1, -0.05) is 0 Å². The Kier molecular flexibility index (Phi) is 7.08. The van der Waals surface area contributed by atoms with Gasteiger partial charge in [-0.2, -0.15) is 5.10 Å². The number of phenolic OH excluding ortho intramolecular Hbond substituents is 1. The van der Waals surface area contributed by atoms with E-state index >= 15 is 0 Å². The average molecular weight is 388 g/mol. The maximum Gasteiger partial charge on any atom is 0.271 e. The van der Waals surface area contributed by atoms with E-state index in [1.54, 1.807) is 30.3 Å². The van der Waals surface area contributed by atoms with E-state index in [1.165, 1.54) is 27.5 Å². The third-order valence-electron chi connectivity index (χ3n) is 3.67. The van der Waals surface area contributed by atoms with Crippen molar-refractivity contribution in [2.24, 2.45) is 5.10 Å². The number of nitrogens with zero attached hydrogens (tertiary/aromatic N) is 1. The summed E-state index contributed by atoms with van der Waals surface area (Å²) in [5, 5.41) is 13.9. The number of ether oxygens (including phenoxy) is 4. The van der Waals surface area contributed by atoms with Gasteiger partial charge in [0.05, 0.1) is 33.6 Å². The molecule has 0 aliphatic heterocycles. The lowest BCUT2D eigenvalue weighted by atomic mass is 10.2. The van der Waals surface area contributed by atoms with Crippen LogP contribution in [-0.2, 0) is 0 Å². The highest BCUT2D eigenvalue weighted by atomic mass is 16.5. The van der Waals surface area contributed by atoms with Crippen LogP contribution in [0.4, 0.5) is 0 Å². The van der Waals surface area contributed by atoms with Crippen molar-refractivity contribution in [3.05, 3.63) is 41.5 Å². The quantitative estimate of drug-likeness (QED) is 0.533. The van der Waals surface area contributed by atoms with Gasteiger partial charge in [0.2, 0.25) is 5.75 Å². The van der Waals surface area contributed by atoms with Crippen LogP contribution in [-0.4, -0.2) is 44.7 Å². The van der Waals surface area contributed by atoms with Gasteiger partial charge < -0.3 is 24.1 Å². The van der Waals surface area contributed by atoms with E-state index < -0.39 is 5.91 Å². The second-order valence-corrected chi connectivity index (χ2v) is 6.01. The van der Waals surface area contributed by atoms with Crippen LogP contribution in [0, 0.1) is 0 Å². The van der Waals surface area contributed by atoms with Crippen molar-refractivity contribution in [2.75, 3.05) is 21.3 Å². The fraction of sp³-hybridized carbons (Fsp3) is 0.300.